The van der Waals surface area contributed by atoms with Crippen LogP contribution in [-0.2, 0) is 20.7 Å². The van der Waals surface area contributed by atoms with Gasteiger partial charge in [0.15, 0.2) is 0 Å². The number of rotatable bonds is 4. The fourth-order valence-corrected chi connectivity index (χ4v) is 1.44. The van der Waals surface area contributed by atoms with Crippen molar-refractivity contribution in [3.05, 3.63) is 34.9 Å². The third-order valence-corrected chi connectivity index (χ3v) is 2.19. The molecule has 0 bridgehead atoms. The van der Waals surface area contributed by atoms with Crippen molar-refractivity contribution in [3.8, 4) is 0 Å². The second-order valence-electron chi connectivity index (χ2n) is 3.47. The van der Waals surface area contributed by atoms with Crippen LogP contribution in [0.25, 0.3) is 0 Å². The number of hydrogen-bond acceptors (Lipinski definition) is 5. The van der Waals surface area contributed by atoms with Gasteiger partial charge in [-0.15, -0.1) is 0 Å². The molecule has 1 aromatic carbocycles. The van der Waals surface area contributed by atoms with Gasteiger partial charge in [-0.3, -0.25) is 4.79 Å². The predicted molar refractivity (Wildman–Crippen MR) is 60.5 cm³/mol. The quantitative estimate of drug-likeness (QED) is 0.800. The fourth-order valence-electron chi connectivity index (χ4n) is 1.44. The molecular formula is C12H12O6. The van der Waals surface area contributed by atoms with Gasteiger partial charge in [0.1, 0.15) is 0 Å². The summed E-state index contributed by atoms with van der Waals surface area (Å²) in [6, 6.07) is 4.03. The summed E-state index contributed by atoms with van der Waals surface area (Å²) in [6.07, 6.45) is -0.297. The first-order chi connectivity index (χ1) is 8.47. The van der Waals surface area contributed by atoms with Gasteiger partial charge in [-0.2, -0.15) is 0 Å². The topological polar surface area (TPSA) is 89.9 Å². The van der Waals surface area contributed by atoms with Crippen LogP contribution < -0.4 is 0 Å². The van der Waals surface area contributed by atoms with Crippen LogP contribution in [0.15, 0.2) is 18.2 Å². The summed E-state index contributed by atoms with van der Waals surface area (Å²) in [5.74, 6) is -2.35. The molecule has 1 N–H and O–H groups in total. The molecule has 0 aliphatic heterocycles. The second-order valence-corrected chi connectivity index (χ2v) is 3.47. The molecule has 0 atom stereocenters. The number of carbonyl (C=O) groups is 3. The number of methoxy groups -OCH3 is 2. The average molecular weight is 252 g/mol. The number of esters is 2. The van der Waals surface area contributed by atoms with Gasteiger partial charge in [0.2, 0.25) is 0 Å². The van der Waals surface area contributed by atoms with Gasteiger partial charge in [0.05, 0.1) is 31.8 Å². The molecule has 0 aliphatic rings. The van der Waals surface area contributed by atoms with Crippen molar-refractivity contribution in [2.24, 2.45) is 0 Å². The smallest absolute Gasteiger partial charge is 0.337 e. The number of hydrogen-bond donors (Lipinski definition) is 1. The molecule has 0 amide bonds. The third-order valence-electron chi connectivity index (χ3n) is 2.19. The average Bonchev–Trinajstić information content (AvgIpc) is 2.35. The summed E-state index contributed by atoms with van der Waals surface area (Å²) in [7, 11) is 2.40. The summed E-state index contributed by atoms with van der Waals surface area (Å²) in [5.41, 5.74) is 0.541. The second kappa shape index (κ2) is 5.81. The first-order valence-electron chi connectivity index (χ1n) is 5.00. The summed E-state index contributed by atoms with van der Waals surface area (Å²) in [5, 5.41) is 8.71. The van der Waals surface area contributed by atoms with Crippen molar-refractivity contribution in [2.75, 3.05) is 14.2 Å². The Hall–Kier alpha value is -2.37. The van der Waals surface area contributed by atoms with E-state index >= 15 is 0 Å². The van der Waals surface area contributed by atoms with Crippen molar-refractivity contribution < 1.29 is 29.0 Å². The highest BCUT2D eigenvalue weighted by Crippen LogP contribution is 2.13. The number of benzene rings is 1. The van der Waals surface area contributed by atoms with Crippen molar-refractivity contribution in [1.29, 1.82) is 0 Å². The molecule has 0 aromatic heterocycles. The van der Waals surface area contributed by atoms with Crippen LogP contribution in [0.4, 0.5) is 0 Å². The third kappa shape index (κ3) is 3.31. The van der Waals surface area contributed by atoms with E-state index in [9.17, 15) is 14.4 Å². The molecule has 18 heavy (non-hydrogen) atoms. The first kappa shape index (κ1) is 13.7. The number of ether oxygens (including phenoxy) is 2. The van der Waals surface area contributed by atoms with E-state index in [-0.39, 0.29) is 17.5 Å². The number of carbonyl (C=O) groups excluding carboxylic acids is 2. The minimum Gasteiger partial charge on any atom is -0.481 e. The Balaban J connectivity index is 3.23. The van der Waals surface area contributed by atoms with E-state index in [1.807, 2.05) is 0 Å². The Labute approximate surface area is 103 Å². The lowest BCUT2D eigenvalue weighted by atomic mass is 10.0. The number of carboxylic acids is 1. The normalized spacial score (nSPS) is 9.67. The van der Waals surface area contributed by atoms with Crippen LogP contribution >= 0.6 is 0 Å². The molecule has 0 unspecified atom stereocenters. The van der Waals surface area contributed by atoms with E-state index in [0.29, 0.717) is 5.56 Å². The van der Waals surface area contributed by atoms with Gasteiger partial charge in [0, 0.05) is 0 Å². The Kier molecular flexibility index (Phi) is 4.42. The van der Waals surface area contributed by atoms with Gasteiger partial charge >= 0.3 is 17.9 Å². The maximum atomic E-state index is 11.4. The minimum absolute atomic E-state index is 0.108. The molecule has 0 heterocycles. The van der Waals surface area contributed by atoms with E-state index in [0.717, 1.165) is 0 Å². The summed E-state index contributed by atoms with van der Waals surface area (Å²) < 4.78 is 9.05. The molecule has 0 saturated carbocycles. The molecule has 96 valence electrons. The lowest BCUT2D eigenvalue weighted by Gasteiger charge is -2.06. The molecule has 6 nitrogen and oxygen atoms in total. The van der Waals surface area contributed by atoms with E-state index in [2.05, 4.69) is 9.47 Å². The van der Waals surface area contributed by atoms with E-state index in [1.54, 1.807) is 0 Å². The predicted octanol–water partition coefficient (Wildman–Crippen LogP) is 0.887. The van der Waals surface area contributed by atoms with Gasteiger partial charge in [-0.05, 0) is 23.8 Å². The lowest BCUT2D eigenvalue weighted by molar-refractivity contribution is -0.136. The van der Waals surface area contributed by atoms with Crippen molar-refractivity contribution in [2.45, 2.75) is 6.42 Å². The zero-order chi connectivity index (χ0) is 13.7. The molecular weight excluding hydrogens is 240 g/mol. The molecule has 1 aromatic rings. The Morgan fingerprint density at radius 2 is 1.44 bits per heavy atom. The largest absolute Gasteiger partial charge is 0.481 e. The Morgan fingerprint density at radius 3 is 1.78 bits per heavy atom. The lowest BCUT2D eigenvalue weighted by Crippen LogP contribution is -2.09. The van der Waals surface area contributed by atoms with Crippen LogP contribution in [0.2, 0.25) is 0 Å². The van der Waals surface area contributed by atoms with Crippen LogP contribution in [0.5, 0.6) is 0 Å². The van der Waals surface area contributed by atoms with Gasteiger partial charge in [0.25, 0.3) is 0 Å². The highest BCUT2D eigenvalue weighted by Gasteiger charge is 2.14. The molecule has 0 spiro atoms. The summed E-state index contributed by atoms with van der Waals surface area (Å²) in [4.78, 5) is 33.4. The van der Waals surface area contributed by atoms with Gasteiger partial charge in [-0.25, -0.2) is 9.59 Å². The molecule has 6 heteroatoms. The zero-order valence-corrected chi connectivity index (χ0v) is 9.93. The molecule has 1 rings (SSSR count). The van der Waals surface area contributed by atoms with Crippen LogP contribution in [0.1, 0.15) is 26.3 Å². The standard InChI is InChI=1S/C12H12O6/c1-17-11(15)8-3-7(5-10(13)14)4-9(6-8)12(16)18-2/h3-4,6H,5H2,1-2H3,(H,13,14). The maximum Gasteiger partial charge on any atom is 0.337 e. The minimum atomic E-state index is -1.06. The van der Waals surface area contributed by atoms with Gasteiger partial charge in [-0.1, -0.05) is 0 Å². The molecule has 0 aliphatic carbocycles. The molecule has 0 radical (unpaired) electrons. The monoisotopic (exact) mass is 252 g/mol. The van der Waals surface area contributed by atoms with E-state index < -0.39 is 17.9 Å². The van der Waals surface area contributed by atoms with Crippen molar-refractivity contribution in [1.82, 2.24) is 0 Å². The number of carboxylic acid groups (broad SMARTS) is 1. The summed E-state index contributed by atoms with van der Waals surface area (Å²) >= 11 is 0. The Bertz CT molecular complexity index is 457. The SMILES string of the molecule is COC(=O)c1cc(CC(=O)O)cc(C(=O)OC)c1. The Morgan fingerprint density at radius 1 is 1.00 bits per heavy atom. The highest BCUT2D eigenvalue weighted by molar-refractivity contribution is 5.96. The number of aliphatic carboxylic acids is 1. The van der Waals surface area contributed by atoms with Crippen LogP contribution in [-0.4, -0.2) is 37.2 Å². The highest BCUT2D eigenvalue weighted by atomic mass is 16.5. The zero-order valence-electron chi connectivity index (χ0n) is 9.93. The van der Waals surface area contributed by atoms with E-state index in [1.165, 1.54) is 32.4 Å². The fraction of sp³-hybridized carbons (Fsp3) is 0.250. The van der Waals surface area contributed by atoms with Crippen molar-refractivity contribution in [3.63, 3.8) is 0 Å². The van der Waals surface area contributed by atoms with E-state index in [4.69, 9.17) is 5.11 Å². The van der Waals surface area contributed by atoms with Crippen molar-refractivity contribution >= 4 is 17.9 Å². The first-order valence-corrected chi connectivity index (χ1v) is 5.00. The summed E-state index contributed by atoms with van der Waals surface area (Å²) in [6.45, 7) is 0. The van der Waals surface area contributed by atoms with Crippen LogP contribution in [0.3, 0.4) is 0 Å². The molecule has 0 saturated heterocycles. The molecule has 0 fully saturated rings. The van der Waals surface area contributed by atoms with Gasteiger partial charge < -0.3 is 14.6 Å². The van der Waals surface area contributed by atoms with Crippen LogP contribution in [0, 0.1) is 0 Å². The maximum absolute atomic E-state index is 11.4.